The van der Waals surface area contributed by atoms with Gasteiger partial charge in [0, 0.05) is 29.4 Å². The van der Waals surface area contributed by atoms with Crippen molar-refractivity contribution in [1.82, 2.24) is 0 Å². The van der Waals surface area contributed by atoms with Crippen molar-refractivity contribution >= 4 is 11.4 Å². The van der Waals surface area contributed by atoms with E-state index in [0.29, 0.717) is 0 Å². The fourth-order valence-electron chi connectivity index (χ4n) is 3.66. The number of benzene rings is 1. The molecule has 7 heteroatoms. The molecule has 5 atom stereocenters. The third kappa shape index (κ3) is 3.54. The molecule has 7 nitrogen and oxygen atoms in total. The first-order valence-electron chi connectivity index (χ1n) is 9.08. The number of anilines is 2. The summed E-state index contributed by atoms with van der Waals surface area (Å²) in [7, 11) is 0. The minimum atomic E-state index is -1.63. The molecule has 0 amide bonds. The molecule has 148 valence electrons. The highest BCUT2D eigenvalue weighted by molar-refractivity contribution is 5.70. The quantitative estimate of drug-likeness (QED) is 0.366. The second-order valence-electron chi connectivity index (χ2n) is 7.77. The average molecular weight is 368 g/mol. The van der Waals surface area contributed by atoms with Crippen molar-refractivity contribution in [2.24, 2.45) is 0 Å². The zero-order valence-electron chi connectivity index (χ0n) is 15.9. The summed E-state index contributed by atoms with van der Waals surface area (Å²) in [5.41, 5.74) is 9.76. The molecular formula is C19H32N2O5. The molecule has 5 unspecified atom stereocenters. The number of nitrogens with two attached hydrogens (primary N) is 1. The summed E-state index contributed by atoms with van der Waals surface area (Å²) in [5, 5.41) is 48.8. The molecule has 0 spiro atoms. The summed E-state index contributed by atoms with van der Waals surface area (Å²) in [5.74, 6) is 0. The first-order valence-corrected chi connectivity index (χ1v) is 9.08. The predicted octanol–water partition coefficient (Wildman–Crippen LogP) is -0.247. The number of hydrogen-bond donors (Lipinski definition) is 6. The van der Waals surface area contributed by atoms with Crippen LogP contribution < -0.4 is 10.6 Å². The summed E-state index contributed by atoms with van der Waals surface area (Å²) in [6.45, 7) is 7.67. The molecule has 0 radical (unpaired) electrons. The van der Waals surface area contributed by atoms with Gasteiger partial charge in [0.1, 0.15) is 18.3 Å². The lowest BCUT2D eigenvalue weighted by Gasteiger charge is -2.35. The first-order chi connectivity index (χ1) is 12.1. The topological polar surface area (TPSA) is 130 Å². The van der Waals surface area contributed by atoms with Gasteiger partial charge in [-0.15, -0.1) is 0 Å². The van der Waals surface area contributed by atoms with Crippen LogP contribution in [0.5, 0.6) is 0 Å². The number of nitrogens with zero attached hydrogens (tertiary/aromatic N) is 1. The van der Waals surface area contributed by atoms with Crippen LogP contribution in [0.1, 0.15) is 38.8 Å². The highest BCUT2D eigenvalue weighted by Crippen LogP contribution is 2.46. The fourth-order valence-corrected chi connectivity index (χ4v) is 3.66. The Morgan fingerprint density at radius 3 is 2.23 bits per heavy atom. The molecule has 1 aliphatic rings. The maximum absolute atomic E-state index is 10.4. The van der Waals surface area contributed by atoms with Gasteiger partial charge in [-0.05, 0) is 36.6 Å². The Hall–Kier alpha value is -1.38. The van der Waals surface area contributed by atoms with Gasteiger partial charge in [0.25, 0.3) is 0 Å². The highest BCUT2D eigenvalue weighted by Gasteiger charge is 2.44. The number of aliphatic hydroxyl groups excluding tert-OH is 5. The van der Waals surface area contributed by atoms with Gasteiger partial charge in [-0.3, -0.25) is 0 Å². The molecule has 0 bridgehead atoms. The minimum Gasteiger partial charge on any atom is -0.398 e. The van der Waals surface area contributed by atoms with E-state index in [9.17, 15) is 20.4 Å². The van der Waals surface area contributed by atoms with Crippen LogP contribution in [0.15, 0.2) is 12.1 Å². The number of aryl methyl sites for hydroxylation is 1. The van der Waals surface area contributed by atoms with E-state index in [1.165, 1.54) is 0 Å². The molecule has 1 heterocycles. The molecule has 0 aromatic heterocycles. The van der Waals surface area contributed by atoms with Crippen LogP contribution in [-0.2, 0) is 11.8 Å². The van der Waals surface area contributed by atoms with Crippen LogP contribution in [-0.4, -0.2) is 69.1 Å². The predicted molar refractivity (Wildman–Crippen MR) is 101 cm³/mol. The average Bonchev–Trinajstić information content (AvgIpc) is 2.79. The molecule has 1 aromatic carbocycles. The van der Waals surface area contributed by atoms with Crippen LogP contribution >= 0.6 is 0 Å². The molecule has 26 heavy (non-hydrogen) atoms. The zero-order valence-corrected chi connectivity index (χ0v) is 15.9. The van der Waals surface area contributed by atoms with Gasteiger partial charge in [-0.25, -0.2) is 0 Å². The summed E-state index contributed by atoms with van der Waals surface area (Å²) in [6, 6.07) is 4.04. The van der Waals surface area contributed by atoms with Gasteiger partial charge in [0.15, 0.2) is 0 Å². The number of rotatable bonds is 7. The molecule has 1 aromatic rings. The third-order valence-electron chi connectivity index (χ3n) is 5.86. The third-order valence-corrected chi connectivity index (χ3v) is 5.86. The number of fused-ring (bicyclic) bond motifs is 1. The Balaban J connectivity index is 2.31. The minimum absolute atomic E-state index is 0.0331. The lowest BCUT2D eigenvalue weighted by atomic mass is 9.80. The van der Waals surface area contributed by atoms with E-state index in [-0.39, 0.29) is 18.0 Å². The second-order valence-corrected chi connectivity index (χ2v) is 7.77. The van der Waals surface area contributed by atoms with Crippen molar-refractivity contribution in [1.29, 1.82) is 0 Å². The van der Waals surface area contributed by atoms with Gasteiger partial charge in [-0.1, -0.05) is 20.8 Å². The van der Waals surface area contributed by atoms with Gasteiger partial charge in [-0.2, -0.15) is 0 Å². The lowest BCUT2D eigenvalue weighted by Crippen LogP contribution is -2.51. The first kappa shape index (κ1) is 20.9. The lowest BCUT2D eigenvalue weighted by molar-refractivity contribution is -0.113. The van der Waals surface area contributed by atoms with Crippen molar-refractivity contribution in [3.63, 3.8) is 0 Å². The number of nitrogen functional groups attached to an aromatic ring is 1. The van der Waals surface area contributed by atoms with E-state index < -0.39 is 31.0 Å². The Morgan fingerprint density at radius 2 is 1.69 bits per heavy atom. The Morgan fingerprint density at radius 1 is 1.12 bits per heavy atom. The zero-order chi connectivity index (χ0) is 19.8. The van der Waals surface area contributed by atoms with E-state index in [1.54, 1.807) is 0 Å². The van der Waals surface area contributed by atoms with Crippen LogP contribution in [0.3, 0.4) is 0 Å². The van der Waals surface area contributed by atoms with Crippen molar-refractivity contribution in [3.8, 4) is 0 Å². The van der Waals surface area contributed by atoms with Crippen molar-refractivity contribution in [2.45, 2.75) is 70.0 Å². The summed E-state index contributed by atoms with van der Waals surface area (Å²) in [6.07, 6.45) is -5.22. The van der Waals surface area contributed by atoms with Crippen LogP contribution in [0.25, 0.3) is 0 Å². The second kappa shape index (κ2) is 7.70. The Kier molecular flexibility index (Phi) is 6.20. The van der Waals surface area contributed by atoms with Crippen LogP contribution in [0.2, 0.25) is 0 Å². The number of β-amino-alcohol motifs (C(OH)–C–C–N with tert-alkyl or cyclic N) is 1. The van der Waals surface area contributed by atoms with Crippen molar-refractivity contribution in [3.05, 3.63) is 23.3 Å². The monoisotopic (exact) mass is 368 g/mol. The molecule has 7 N–H and O–H groups in total. The van der Waals surface area contributed by atoms with E-state index in [2.05, 4.69) is 13.8 Å². The van der Waals surface area contributed by atoms with Crippen molar-refractivity contribution in [2.75, 3.05) is 23.8 Å². The molecule has 0 saturated heterocycles. The van der Waals surface area contributed by atoms with Crippen LogP contribution in [0.4, 0.5) is 11.4 Å². The maximum Gasteiger partial charge on any atom is 0.111 e. The van der Waals surface area contributed by atoms with Gasteiger partial charge < -0.3 is 36.2 Å². The standard InChI is InChI=1S/C19H32N2O5/c1-5-11-6-14-12(7-13(11)20)19(3,4)10(2)21(14)8-15(23)17(25)18(26)16(24)9-22/h6-7,10,15-18,22-26H,5,8-9,20H2,1-4H3. The Labute approximate surface area is 154 Å². The molecular weight excluding hydrogens is 336 g/mol. The van der Waals surface area contributed by atoms with Gasteiger partial charge >= 0.3 is 0 Å². The van der Waals surface area contributed by atoms with Gasteiger partial charge in [0.05, 0.1) is 12.7 Å². The summed E-state index contributed by atoms with van der Waals surface area (Å²) in [4.78, 5) is 2.00. The van der Waals surface area contributed by atoms with E-state index in [0.717, 1.165) is 28.9 Å². The SMILES string of the molecule is CCc1cc2c(cc1N)C(C)(C)C(C)N2CC(O)C(O)C(O)C(O)CO. The smallest absolute Gasteiger partial charge is 0.111 e. The normalized spacial score (nSPS) is 23.4. The van der Waals surface area contributed by atoms with Gasteiger partial charge in [0.2, 0.25) is 0 Å². The van der Waals surface area contributed by atoms with Crippen LogP contribution in [0, 0.1) is 0 Å². The van der Waals surface area contributed by atoms with E-state index in [1.807, 2.05) is 30.9 Å². The molecule has 0 saturated carbocycles. The maximum atomic E-state index is 10.4. The number of hydrogen-bond acceptors (Lipinski definition) is 7. The number of aliphatic hydroxyl groups is 5. The molecule has 2 rings (SSSR count). The van der Waals surface area contributed by atoms with E-state index >= 15 is 0 Å². The highest BCUT2D eigenvalue weighted by atomic mass is 16.4. The largest absolute Gasteiger partial charge is 0.398 e. The molecule has 1 aliphatic heterocycles. The summed E-state index contributed by atoms with van der Waals surface area (Å²) >= 11 is 0. The molecule has 0 fully saturated rings. The Bertz CT molecular complexity index is 637. The fraction of sp³-hybridized carbons (Fsp3) is 0.684. The van der Waals surface area contributed by atoms with Crippen molar-refractivity contribution < 1.29 is 25.5 Å². The summed E-state index contributed by atoms with van der Waals surface area (Å²) < 4.78 is 0. The molecule has 0 aliphatic carbocycles. The van der Waals surface area contributed by atoms with E-state index in [4.69, 9.17) is 10.8 Å².